The topological polar surface area (TPSA) is 32.8 Å². The highest BCUT2D eigenvalue weighted by Crippen LogP contribution is 2.39. The second-order valence-corrected chi connectivity index (χ2v) is 7.59. The molecule has 0 aliphatic carbocycles. The Hall–Kier alpha value is -2.33. The van der Waals surface area contributed by atoms with Gasteiger partial charge in [0.15, 0.2) is 0 Å². The van der Waals surface area contributed by atoms with E-state index in [1.54, 1.807) is 0 Å². The van der Waals surface area contributed by atoms with Crippen LogP contribution in [0.15, 0.2) is 54.6 Å². The predicted molar refractivity (Wildman–Crippen MR) is 107 cm³/mol. The molecular formula is C23H28N2O2. The zero-order valence-corrected chi connectivity index (χ0v) is 16.0. The van der Waals surface area contributed by atoms with Crippen LogP contribution in [0.2, 0.25) is 0 Å². The van der Waals surface area contributed by atoms with Crippen molar-refractivity contribution in [1.82, 2.24) is 9.80 Å². The summed E-state index contributed by atoms with van der Waals surface area (Å²) < 4.78 is 5.98. The fourth-order valence-electron chi connectivity index (χ4n) is 4.39. The summed E-state index contributed by atoms with van der Waals surface area (Å²) in [5.74, 6) is 0. The number of hydrogen-bond acceptors (Lipinski definition) is 3. The van der Waals surface area contributed by atoms with Gasteiger partial charge in [0.2, 0.25) is 0 Å². The molecule has 2 unspecified atom stereocenters. The van der Waals surface area contributed by atoms with Gasteiger partial charge in [0.05, 0.1) is 12.6 Å². The number of likely N-dealkylation sites (tertiary alicyclic amines) is 1. The molecule has 27 heavy (non-hydrogen) atoms. The van der Waals surface area contributed by atoms with Crippen LogP contribution in [0.4, 0.5) is 4.79 Å². The van der Waals surface area contributed by atoms with Gasteiger partial charge in [-0.1, -0.05) is 61.5 Å². The number of piperidine rings is 1. The lowest BCUT2D eigenvalue weighted by atomic mass is 9.98. The Morgan fingerprint density at radius 1 is 1.11 bits per heavy atom. The first-order valence-electron chi connectivity index (χ1n) is 10.1. The predicted octanol–water partition coefficient (Wildman–Crippen LogP) is 4.60. The Balaban J connectivity index is 1.52. The molecule has 0 bridgehead atoms. The first kappa shape index (κ1) is 18.1. The Labute approximate surface area is 161 Å². The molecule has 142 valence electrons. The van der Waals surface area contributed by atoms with Gasteiger partial charge in [-0.15, -0.1) is 0 Å². The zero-order valence-electron chi connectivity index (χ0n) is 16.0. The molecule has 0 radical (unpaired) electrons. The third-order valence-electron chi connectivity index (χ3n) is 5.62. The Morgan fingerprint density at radius 3 is 2.70 bits per heavy atom. The molecule has 0 saturated carbocycles. The van der Waals surface area contributed by atoms with Crippen LogP contribution in [0, 0.1) is 0 Å². The second kappa shape index (κ2) is 8.13. The molecule has 0 spiro atoms. The summed E-state index contributed by atoms with van der Waals surface area (Å²) in [6.07, 6.45) is 3.00. The van der Waals surface area contributed by atoms with E-state index in [0.717, 1.165) is 44.5 Å². The van der Waals surface area contributed by atoms with Gasteiger partial charge in [-0.2, -0.15) is 0 Å². The first-order chi connectivity index (χ1) is 13.3. The highest BCUT2D eigenvalue weighted by atomic mass is 16.6. The van der Waals surface area contributed by atoms with Crippen molar-refractivity contribution in [2.24, 2.45) is 0 Å². The van der Waals surface area contributed by atoms with Crippen LogP contribution in [0.3, 0.4) is 0 Å². The lowest BCUT2D eigenvalue weighted by Gasteiger charge is -2.34. The lowest BCUT2D eigenvalue weighted by Crippen LogP contribution is -2.43. The monoisotopic (exact) mass is 364 g/mol. The summed E-state index contributed by atoms with van der Waals surface area (Å²) in [6, 6.07) is 18.5. The molecule has 1 fully saturated rings. The highest BCUT2D eigenvalue weighted by Gasteiger charge is 2.36. The smallest absolute Gasteiger partial charge is 0.411 e. The average Bonchev–Trinajstić information content (AvgIpc) is 3.09. The molecule has 2 aliphatic heterocycles. The number of rotatable bonds is 4. The summed E-state index contributed by atoms with van der Waals surface area (Å²) in [5.41, 5.74) is 3.55. The van der Waals surface area contributed by atoms with Crippen LogP contribution >= 0.6 is 0 Å². The zero-order chi connectivity index (χ0) is 18.6. The van der Waals surface area contributed by atoms with E-state index in [0.29, 0.717) is 6.54 Å². The van der Waals surface area contributed by atoms with Gasteiger partial charge in [-0.3, -0.25) is 9.80 Å². The van der Waals surface area contributed by atoms with E-state index < -0.39 is 0 Å². The van der Waals surface area contributed by atoms with Gasteiger partial charge in [0, 0.05) is 6.54 Å². The van der Waals surface area contributed by atoms with E-state index >= 15 is 0 Å². The van der Waals surface area contributed by atoms with E-state index in [-0.39, 0.29) is 18.2 Å². The van der Waals surface area contributed by atoms with E-state index in [4.69, 9.17) is 4.74 Å². The largest absolute Gasteiger partial charge is 0.445 e. The van der Waals surface area contributed by atoms with E-state index in [2.05, 4.69) is 36.1 Å². The lowest BCUT2D eigenvalue weighted by molar-refractivity contribution is 0.0180. The van der Waals surface area contributed by atoms with Crippen molar-refractivity contribution in [2.75, 3.05) is 19.6 Å². The van der Waals surface area contributed by atoms with Gasteiger partial charge in [-0.05, 0) is 49.0 Å². The molecule has 4 heteroatoms. The average molecular weight is 364 g/mol. The van der Waals surface area contributed by atoms with Crippen molar-refractivity contribution in [2.45, 2.75) is 44.9 Å². The van der Waals surface area contributed by atoms with Crippen LogP contribution in [-0.2, 0) is 11.3 Å². The van der Waals surface area contributed by atoms with E-state index in [1.165, 1.54) is 11.1 Å². The molecule has 4 rings (SSSR count). The maximum atomic E-state index is 13.1. The van der Waals surface area contributed by atoms with Crippen molar-refractivity contribution in [3.05, 3.63) is 71.3 Å². The molecule has 0 aromatic heterocycles. The Morgan fingerprint density at radius 2 is 1.89 bits per heavy atom. The number of benzene rings is 2. The molecule has 1 saturated heterocycles. The number of amides is 1. The van der Waals surface area contributed by atoms with Crippen LogP contribution in [0.5, 0.6) is 0 Å². The third-order valence-corrected chi connectivity index (χ3v) is 5.62. The fraction of sp³-hybridized carbons (Fsp3) is 0.435. The fourth-order valence-corrected chi connectivity index (χ4v) is 4.39. The molecule has 2 atom stereocenters. The quantitative estimate of drug-likeness (QED) is 0.795. The molecule has 2 aliphatic rings. The molecule has 1 amide bonds. The van der Waals surface area contributed by atoms with Crippen molar-refractivity contribution >= 4 is 6.09 Å². The Kier molecular flexibility index (Phi) is 5.44. The van der Waals surface area contributed by atoms with Crippen LogP contribution in [0.25, 0.3) is 0 Å². The van der Waals surface area contributed by atoms with Crippen molar-refractivity contribution < 1.29 is 9.53 Å². The van der Waals surface area contributed by atoms with Gasteiger partial charge in [0.1, 0.15) is 6.10 Å². The summed E-state index contributed by atoms with van der Waals surface area (Å²) in [4.78, 5) is 17.4. The van der Waals surface area contributed by atoms with Crippen LogP contribution < -0.4 is 0 Å². The standard InChI is InChI=1S/C23H28N2O2/c1-2-14-24-15-8-12-20(17-24)27-23(26)25-16-19-11-6-7-13-21(19)22(25)18-9-4-3-5-10-18/h3-7,9-11,13,20,22H,2,8,12,14-17H2,1H3. The van der Waals surface area contributed by atoms with Gasteiger partial charge in [0.25, 0.3) is 0 Å². The minimum absolute atomic E-state index is 0.00191. The maximum Gasteiger partial charge on any atom is 0.411 e. The highest BCUT2D eigenvalue weighted by molar-refractivity contribution is 5.71. The number of fused-ring (bicyclic) bond motifs is 1. The van der Waals surface area contributed by atoms with Crippen molar-refractivity contribution in [1.29, 1.82) is 0 Å². The molecule has 0 N–H and O–H groups in total. The third kappa shape index (κ3) is 3.86. The molecule has 2 heterocycles. The van der Waals surface area contributed by atoms with Gasteiger partial charge in [-0.25, -0.2) is 4.79 Å². The molecule has 2 aromatic rings. The minimum atomic E-state index is -0.191. The maximum absolute atomic E-state index is 13.1. The molecular weight excluding hydrogens is 336 g/mol. The summed E-state index contributed by atoms with van der Waals surface area (Å²) in [5, 5.41) is 0. The normalized spacial score (nSPS) is 22.5. The SMILES string of the molecule is CCCN1CCCC(OC(=O)N2Cc3ccccc3C2c2ccccc2)C1. The summed E-state index contributed by atoms with van der Waals surface area (Å²) in [6.45, 7) is 5.86. The number of ether oxygens (including phenoxy) is 1. The Bertz CT molecular complexity index is 775. The second-order valence-electron chi connectivity index (χ2n) is 7.59. The van der Waals surface area contributed by atoms with Crippen LogP contribution in [0.1, 0.15) is 48.9 Å². The molecule has 2 aromatic carbocycles. The number of nitrogens with zero attached hydrogens (tertiary/aromatic N) is 2. The number of carbonyl (C=O) groups excluding carboxylic acids is 1. The van der Waals surface area contributed by atoms with Crippen molar-refractivity contribution in [3.8, 4) is 0 Å². The van der Waals surface area contributed by atoms with Crippen molar-refractivity contribution in [3.63, 3.8) is 0 Å². The van der Waals surface area contributed by atoms with Gasteiger partial charge < -0.3 is 4.74 Å². The number of hydrogen-bond donors (Lipinski definition) is 0. The summed E-state index contributed by atoms with van der Waals surface area (Å²) in [7, 11) is 0. The van der Waals surface area contributed by atoms with E-state index in [9.17, 15) is 4.79 Å². The van der Waals surface area contributed by atoms with E-state index in [1.807, 2.05) is 35.2 Å². The number of carbonyl (C=O) groups is 1. The molecule has 4 nitrogen and oxygen atoms in total. The first-order valence-corrected chi connectivity index (χ1v) is 10.1. The minimum Gasteiger partial charge on any atom is -0.445 e. The summed E-state index contributed by atoms with van der Waals surface area (Å²) >= 11 is 0. The van der Waals surface area contributed by atoms with Crippen LogP contribution in [-0.4, -0.2) is 41.6 Å². The van der Waals surface area contributed by atoms with Gasteiger partial charge >= 0.3 is 6.09 Å².